The van der Waals surface area contributed by atoms with Gasteiger partial charge in [-0.25, -0.2) is 4.39 Å². The predicted octanol–water partition coefficient (Wildman–Crippen LogP) is 4.93. The molecule has 0 atom stereocenters. The monoisotopic (exact) mass is 459 g/mol. The Morgan fingerprint density at radius 1 is 1.10 bits per heavy atom. The van der Waals surface area contributed by atoms with E-state index in [1.807, 2.05) is 24.3 Å². The Bertz CT molecular complexity index is 1020. The Balaban J connectivity index is 1.43. The molecule has 0 fully saturated rings. The van der Waals surface area contributed by atoms with Gasteiger partial charge in [-0.15, -0.1) is 0 Å². The van der Waals surface area contributed by atoms with Crippen molar-refractivity contribution in [3.05, 3.63) is 87.5 Å². The van der Waals surface area contributed by atoms with Gasteiger partial charge >= 0.3 is 0 Å². The van der Waals surface area contributed by atoms with E-state index in [-0.39, 0.29) is 17.5 Å². The zero-order valence-electron chi connectivity index (χ0n) is 15.6. The molecule has 3 aromatic rings. The third-order valence-corrected chi connectivity index (χ3v) is 5.03. The molecule has 0 aliphatic carbocycles. The molecule has 1 aliphatic rings. The summed E-state index contributed by atoms with van der Waals surface area (Å²) in [4.78, 5) is 14.4. The first-order valence-corrected chi connectivity index (χ1v) is 9.99. The van der Waals surface area contributed by atoms with E-state index in [0.717, 1.165) is 22.4 Å². The number of benzene rings is 2. The molecule has 1 aromatic heterocycles. The van der Waals surface area contributed by atoms with Crippen LogP contribution in [-0.4, -0.2) is 24.0 Å². The second-order valence-electron chi connectivity index (χ2n) is 6.74. The number of nitrogens with zero attached hydrogens (tertiary/aromatic N) is 1. The van der Waals surface area contributed by atoms with Crippen LogP contribution in [0, 0.1) is 5.82 Å². The number of rotatable bonds is 5. The fraction of sp³-hybridized carbons (Fsp3) is 0.227. The van der Waals surface area contributed by atoms with Gasteiger partial charge in [-0.3, -0.25) is 4.79 Å². The van der Waals surface area contributed by atoms with Gasteiger partial charge in [0.05, 0.1) is 19.8 Å². The minimum absolute atomic E-state index is 0.181. The highest BCUT2D eigenvalue weighted by Gasteiger charge is 2.23. The van der Waals surface area contributed by atoms with Gasteiger partial charge in [0.1, 0.15) is 18.2 Å². The third-order valence-electron chi connectivity index (χ3n) is 4.60. The molecule has 2 aromatic carbocycles. The molecule has 4 rings (SSSR count). The van der Waals surface area contributed by atoms with Crippen molar-refractivity contribution in [1.82, 2.24) is 4.90 Å². The van der Waals surface area contributed by atoms with Crippen LogP contribution in [0.25, 0.3) is 0 Å². The smallest absolute Gasteiger partial charge is 0.290 e. The molecule has 1 aliphatic heterocycles. The van der Waals surface area contributed by atoms with Crippen molar-refractivity contribution in [2.24, 2.45) is 0 Å². The van der Waals surface area contributed by atoms with Crippen molar-refractivity contribution in [1.29, 1.82) is 0 Å². The molecule has 5 nitrogen and oxygen atoms in total. The quantitative estimate of drug-likeness (QED) is 0.542. The molecule has 7 heteroatoms. The number of ether oxygens (including phenoxy) is 2. The molecule has 1 amide bonds. The molecule has 0 saturated carbocycles. The number of hydrogen-bond acceptors (Lipinski definition) is 4. The highest BCUT2D eigenvalue weighted by Crippen LogP contribution is 2.26. The summed E-state index contributed by atoms with van der Waals surface area (Å²) < 4.78 is 30.7. The fourth-order valence-corrected chi connectivity index (χ4v) is 3.52. The lowest BCUT2D eigenvalue weighted by molar-refractivity contribution is 0.0699. The molecule has 0 bridgehead atoms. The Kier molecular flexibility index (Phi) is 5.97. The number of halogens is 2. The summed E-state index contributed by atoms with van der Waals surface area (Å²) in [7, 11) is 0. The van der Waals surface area contributed by atoms with Crippen LogP contribution in [0.15, 0.2) is 63.7 Å². The van der Waals surface area contributed by atoms with Gasteiger partial charge in [0.25, 0.3) is 5.91 Å². The van der Waals surface area contributed by atoms with Crippen LogP contribution >= 0.6 is 15.9 Å². The number of furan rings is 1. The number of carbonyl (C=O) groups is 1. The van der Waals surface area contributed by atoms with Gasteiger partial charge < -0.3 is 18.8 Å². The molecular weight excluding hydrogens is 441 g/mol. The third kappa shape index (κ3) is 4.86. The summed E-state index contributed by atoms with van der Waals surface area (Å²) in [6, 6.07) is 15.5. The van der Waals surface area contributed by atoms with E-state index >= 15 is 0 Å². The van der Waals surface area contributed by atoms with E-state index in [2.05, 4.69) is 15.9 Å². The first-order chi connectivity index (χ1) is 14.1. The molecular formula is C22H19BrFNO4. The second-order valence-corrected chi connectivity index (χ2v) is 7.53. The molecule has 0 unspecified atom stereocenters. The van der Waals surface area contributed by atoms with Gasteiger partial charge in [-0.2, -0.15) is 0 Å². The summed E-state index contributed by atoms with van der Waals surface area (Å²) in [6.07, 6.45) is 0. The summed E-state index contributed by atoms with van der Waals surface area (Å²) in [5.41, 5.74) is 2.65. The van der Waals surface area contributed by atoms with Crippen LogP contribution in [0.5, 0.6) is 5.75 Å². The number of fused-ring (bicyclic) bond motifs is 1. The van der Waals surface area contributed by atoms with Crippen molar-refractivity contribution in [2.45, 2.75) is 19.8 Å². The Hall–Kier alpha value is -2.64. The van der Waals surface area contributed by atoms with Crippen LogP contribution in [-0.2, 0) is 24.5 Å². The number of amides is 1. The normalized spacial score (nSPS) is 13.5. The summed E-state index contributed by atoms with van der Waals surface area (Å²) in [5, 5.41) is 0. The van der Waals surface area contributed by atoms with Crippen molar-refractivity contribution in [2.75, 3.05) is 13.2 Å². The first-order valence-electron chi connectivity index (χ1n) is 9.20. The van der Waals surface area contributed by atoms with Gasteiger partial charge in [0.2, 0.25) is 0 Å². The van der Waals surface area contributed by atoms with Gasteiger partial charge in [0, 0.05) is 12.1 Å². The molecule has 0 saturated heterocycles. The van der Waals surface area contributed by atoms with Crippen molar-refractivity contribution >= 4 is 21.8 Å². The van der Waals surface area contributed by atoms with E-state index < -0.39 is 0 Å². The van der Waals surface area contributed by atoms with Crippen LogP contribution in [0.4, 0.5) is 4.39 Å². The highest BCUT2D eigenvalue weighted by molar-refractivity contribution is 9.10. The van der Waals surface area contributed by atoms with Gasteiger partial charge in [-0.05, 0) is 63.5 Å². The van der Waals surface area contributed by atoms with Gasteiger partial charge in [0.15, 0.2) is 10.4 Å². The molecule has 2 heterocycles. The maximum atomic E-state index is 13.3. The number of carbonyl (C=O) groups excluding carboxylic acids is 1. The Labute approximate surface area is 176 Å². The van der Waals surface area contributed by atoms with Crippen molar-refractivity contribution < 1.29 is 23.1 Å². The van der Waals surface area contributed by atoms with Crippen LogP contribution in [0.2, 0.25) is 0 Å². The zero-order chi connectivity index (χ0) is 20.2. The molecule has 0 spiro atoms. The minimum atomic E-state index is -0.276. The largest absolute Gasteiger partial charge is 0.491 e. The van der Waals surface area contributed by atoms with E-state index in [4.69, 9.17) is 13.9 Å². The lowest BCUT2D eigenvalue weighted by Crippen LogP contribution is -2.32. The maximum absolute atomic E-state index is 13.3. The van der Waals surface area contributed by atoms with Crippen LogP contribution in [0.1, 0.15) is 27.2 Å². The van der Waals surface area contributed by atoms with E-state index in [9.17, 15) is 9.18 Å². The van der Waals surface area contributed by atoms with E-state index in [0.29, 0.717) is 37.6 Å². The minimum Gasteiger partial charge on any atom is -0.491 e. The van der Waals surface area contributed by atoms with Crippen molar-refractivity contribution in [3.8, 4) is 5.75 Å². The average Bonchev–Trinajstić information content (AvgIpc) is 3.03. The lowest BCUT2D eigenvalue weighted by Gasteiger charge is -2.18. The summed E-state index contributed by atoms with van der Waals surface area (Å²) >= 11 is 3.22. The van der Waals surface area contributed by atoms with Crippen LogP contribution in [0.3, 0.4) is 0 Å². The highest BCUT2D eigenvalue weighted by atomic mass is 79.9. The fourth-order valence-electron chi connectivity index (χ4n) is 3.21. The molecule has 0 radical (unpaired) electrons. The van der Waals surface area contributed by atoms with E-state index in [1.54, 1.807) is 23.1 Å². The lowest BCUT2D eigenvalue weighted by atomic mass is 10.1. The predicted molar refractivity (Wildman–Crippen MR) is 108 cm³/mol. The standard InChI is InChI=1S/C22H19BrFNO4/c23-21-7-6-20(29-21)22(26)25-8-9-28-19-5-4-16(10-17(19)12-25)14-27-13-15-2-1-3-18(24)11-15/h1-7,10-11H,8-9,12-14H2. The zero-order valence-corrected chi connectivity index (χ0v) is 17.2. The molecule has 0 N–H and O–H groups in total. The molecule has 150 valence electrons. The first kappa shape index (κ1) is 19.7. The SMILES string of the molecule is O=C(c1ccc(Br)o1)N1CCOc2ccc(COCc3cccc(F)c3)cc2C1. The van der Waals surface area contributed by atoms with Crippen LogP contribution < -0.4 is 4.74 Å². The Morgan fingerprint density at radius 3 is 2.69 bits per heavy atom. The average molecular weight is 460 g/mol. The van der Waals surface area contributed by atoms with E-state index in [1.165, 1.54) is 12.1 Å². The van der Waals surface area contributed by atoms with Gasteiger partial charge in [-0.1, -0.05) is 18.2 Å². The van der Waals surface area contributed by atoms with Crippen molar-refractivity contribution in [3.63, 3.8) is 0 Å². The Morgan fingerprint density at radius 2 is 1.93 bits per heavy atom. The number of hydrogen-bond donors (Lipinski definition) is 0. The topological polar surface area (TPSA) is 51.9 Å². The second kappa shape index (κ2) is 8.80. The molecule has 29 heavy (non-hydrogen) atoms. The maximum Gasteiger partial charge on any atom is 0.290 e. The summed E-state index contributed by atoms with van der Waals surface area (Å²) in [5.74, 6) is 0.589. The summed E-state index contributed by atoms with van der Waals surface area (Å²) in [6.45, 7) is 2.00.